The highest BCUT2D eigenvalue weighted by molar-refractivity contribution is 5.06. The van der Waals surface area contributed by atoms with Crippen LogP contribution in [0.2, 0.25) is 0 Å². The van der Waals surface area contributed by atoms with Crippen LogP contribution in [0.4, 0.5) is 0 Å². The Hall–Kier alpha value is -0.340. The Labute approximate surface area is 61.7 Å². The predicted molar refractivity (Wildman–Crippen MR) is 42.0 cm³/mol. The molecule has 1 fully saturated rings. The minimum atomic E-state index is 0.613. The molecular formula is C8H14N2. The second kappa shape index (κ2) is 2.72. The van der Waals surface area contributed by atoms with E-state index in [1.54, 1.807) is 0 Å². The Kier molecular flexibility index (Phi) is 1.74. The average Bonchev–Trinajstić information content (AvgIpc) is 2.05. The van der Waals surface area contributed by atoms with Crippen LogP contribution in [-0.2, 0) is 0 Å². The fourth-order valence-electron chi connectivity index (χ4n) is 1.78. The lowest BCUT2D eigenvalue weighted by Gasteiger charge is -2.33. The van der Waals surface area contributed by atoms with E-state index in [1.165, 1.54) is 19.4 Å². The Balaban J connectivity index is 2.03. The minimum Gasteiger partial charge on any atom is -0.309 e. The van der Waals surface area contributed by atoms with Gasteiger partial charge >= 0.3 is 0 Å². The van der Waals surface area contributed by atoms with Crippen molar-refractivity contribution in [2.45, 2.75) is 24.9 Å². The molecule has 0 amide bonds. The zero-order chi connectivity index (χ0) is 6.81. The monoisotopic (exact) mass is 138 g/mol. The number of nitrogens with one attached hydrogen (secondary N) is 2. The van der Waals surface area contributed by atoms with Gasteiger partial charge in [-0.15, -0.1) is 0 Å². The van der Waals surface area contributed by atoms with Crippen molar-refractivity contribution in [1.82, 2.24) is 10.6 Å². The van der Waals surface area contributed by atoms with Gasteiger partial charge in [0, 0.05) is 18.6 Å². The van der Waals surface area contributed by atoms with E-state index in [4.69, 9.17) is 0 Å². The fraction of sp³-hybridized carbons (Fsp3) is 0.750. The van der Waals surface area contributed by atoms with Crippen molar-refractivity contribution in [3.05, 3.63) is 12.2 Å². The van der Waals surface area contributed by atoms with Crippen LogP contribution >= 0.6 is 0 Å². The second-order valence-electron chi connectivity index (χ2n) is 3.07. The van der Waals surface area contributed by atoms with Crippen molar-refractivity contribution in [1.29, 1.82) is 0 Å². The summed E-state index contributed by atoms with van der Waals surface area (Å²) < 4.78 is 0. The van der Waals surface area contributed by atoms with Crippen molar-refractivity contribution in [3.8, 4) is 0 Å². The molecule has 0 saturated carbocycles. The van der Waals surface area contributed by atoms with Gasteiger partial charge in [-0.2, -0.15) is 0 Å². The summed E-state index contributed by atoms with van der Waals surface area (Å²) in [5.74, 6) is 0. The van der Waals surface area contributed by atoms with Crippen LogP contribution in [0.1, 0.15) is 12.8 Å². The van der Waals surface area contributed by atoms with Crippen LogP contribution in [0.15, 0.2) is 12.2 Å². The smallest absolute Gasteiger partial charge is 0.0405 e. The summed E-state index contributed by atoms with van der Waals surface area (Å²) in [5.41, 5.74) is 0. The minimum absolute atomic E-state index is 0.613. The zero-order valence-electron chi connectivity index (χ0n) is 6.14. The van der Waals surface area contributed by atoms with E-state index < -0.39 is 0 Å². The second-order valence-corrected chi connectivity index (χ2v) is 3.07. The molecule has 2 heterocycles. The Morgan fingerprint density at radius 2 is 2.30 bits per heavy atom. The largest absolute Gasteiger partial charge is 0.309 e. The third-order valence-electron chi connectivity index (χ3n) is 2.35. The fourth-order valence-corrected chi connectivity index (χ4v) is 1.78. The topological polar surface area (TPSA) is 24.1 Å². The summed E-state index contributed by atoms with van der Waals surface area (Å²) in [6.45, 7) is 2.25. The molecule has 2 unspecified atom stereocenters. The molecular weight excluding hydrogens is 124 g/mol. The average molecular weight is 138 g/mol. The number of rotatable bonds is 0. The van der Waals surface area contributed by atoms with Crippen LogP contribution < -0.4 is 10.6 Å². The Bertz CT molecular complexity index is 142. The highest BCUT2D eigenvalue weighted by Crippen LogP contribution is 2.11. The first-order chi connectivity index (χ1) is 4.97. The highest BCUT2D eigenvalue weighted by atomic mass is 15.0. The highest BCUT2D eigenvalue weighted by Gasteiger charge is 2.22. The number of piperidine rings is 1. The van der Waals surface area contributed by atoms with E-state index in [2.05, 4.69) is 22.8 Å². The maximum Gasteiger partial charge on any atom is 0.0405 e. The van der Waals surface area contributed by atoms with E-state index in [9.17, 15) is 0 Å². The van der Waals surface area contributed by atoms with Crippen molar-refractivity contribution in [2.75, 3.05) is 13.1 Å². The van der Waals surface area contributed by atoms with Crippen LogP contribution in [0, 0.1) is 0 Å². The summed E-state index contributed by atoms with van der Waals surface area (Å²) >= 11 is 0. The molecule has 0 spiro atoms. The summed E-state index contributed by atoms with van der Waals surface area (Å²) in [6.07, 6.45) is 7.16. The summed E-state index contributed by atoms with van der Waals surface area (Å²) in [4.78, 5) is 0. The molecule has 0 bridgehead atoms. The molecule has 0 aliphatic carbocycles. The standard InChI is InChI=1S/C8H14N2/c1-3-7-8(9-5-1)4-2-6-10-7/h1,3,7-10H,2,4-6H2. The van der Waals surface area contributed by atoms with E-state index in [-0.39, 0.29) is 0 Å². The van der Waals surface area contributed by atoms with Crippen molar-refractivity contribution in [2.24, 2.45) is 0 Å². The lowest BCUT2D eigenvalue weighted by Crippen LogP contribution is -2.52. The van der Waals surface area contributed by atoms with Gasteiger partial charge in [-0.1, -0.05) is 12.2 Å². The summed E-state index contributed by atoms with van der Waals surface area (Å²) in [7, 11) is 0. The molecule has 2 N–H and O–H groups in total. The first kappa shape index (κ1) is 6.38. The zero-order valence-corrected chi connectivity index (χ0v) is 6.14. The molecule has 56 valence electrons. The molecule has 10 heavy (non-hydrogen) atoms. The molecule has 0 aromatic rings. The van der Waals surface area contributed by atoms with Gasteiger partial charge < -0.3 is 10.6 Å². The van der Waals surface area contributed by atoms with Crippen LogP contribution in [0.3, 0.4) is 0 Å². The van der Waals surface area contributed by atoms with E-state index >= 15 is 0 Å². The van der Waals surface area contributed by atoms with Gasteiger partial charge in [-0.25, -0.2) is 0 Å². The molecule has 1 saturated heterocycles. The maximum absolute atomic E-state index is 3.47. The number of fused-ring (bicyclic) bond motifs is 1. The number of hydrogen-bond acceptors (Lipinski definition) is 2. The third-order valence-corrected chi connectivity index (χ3v) is 2.35. The molecule has 0 aromatic heterocycles. The SMILES string of the molecule is C1=CC2NCCCC2NC1. The molecule has 2 atom stereocenters. The Morgan fingerprint density at radius 1 is 1.30 bits per heavy atom. The van der Waals surface area contributed by atoms with Gasteiger partial charge in [0.2, 0.25) is 0 Å². The van der Waals surface area contributed by atoms with Gasteiger partial charge in [-0.05, 0) is 19.4 Å². The first-order valence-corrected chi connectivity index (χ1v) is 4.10. The van der Waals surface area contributed by atoms with Crippen LogP contribution in [0.25, 0.3) is 0 Å². The Morgan fingerprint density at radius 3 is 3.20 bits per heavy atom. The van der Waals surface area contributed by atoms with E-state index in [1.807, 2.05) is 0 Å². The van der Waals surface area contributed by atoms with Gasteiger partial charge in [-0.3, -0.25) is 0 Å². The van der Waals surface area contributed by atoms with Crippen LogP contribution in [0.5, 0.6) is 0 Å². The lowest BCUT2D eigenvalue weighted by atomic mass is 9.96. The summed E-state index contributed by atoms with van der Waals surface area (Å²) in [6, 6.07) is 1.32. The van der Waals surface area contributed by atoms with Gasteiger partial charge in [0.25, 0.3) is 0 Å². The van der Waals surface area contributed by atoms with Gasteiger partial charge in [0.15, 0.2) is 0 Å². The molecule has 0 aromatic carbocycles. The third kappa shape index (κ3) is 1.09. The summed E-state index contributed by atoms with van der Waals surface area (Å²) in [5, 5.41) is 6.94. The lowest BCUT2D eigenvalue weighted by molar-refractivity contribution is 0.338. The molecule has 2 nitrogen and oxygen atoms in total. The van der Waals surface area contributed by atoms with Gasteiger partial charge in [0.1, 0.15) is 0 Å². The van der Waals surface area contributed by atoms with E-state index in [0.29, 0.717) is 12.1 Å². The van der Waals surface area contributed by atoms with Crippen molar-refractivity contribution < 1.29 is 0 Å². The van der Waals surface area contributed by atoms with Crippen molar-refractivity contribution >= 4 is 0 Å². The quantitative estimate of drug-likeness (QED) is 0.469. The molecule has 2 heteroatoms. The molecule has 0 radical (unpaired) electrons. The molecule has 2 rings (SSSR count). The molecule has 2 aliphatic rings. The first-order valence-electron chi connectivity index (χ1n) is 4.10. The predicted octanol–water partition coefficient (Wildman–Crippen LogP) is 0.266. The molecule has 2 aliphatic heterocycles. The normalized spacial score (nSPS) is 39.2. The van der Waals surface area contributed by atoms with Crippen LogP contribution in [-0.4, -0.2) is 25.2 Å². The van der Waals surface area contributed by atoms with Crippen molar-refractivity contribution in [3.63, 3.8) is 0 Å². The van der Waals surface area contributed by atoms with Gasteiger partial charge in [0.05, 0.1) is 0 Å². The maximum atomic E-state index is 3.47. The number of hydrogen-bond donors (Lipinski definition) is 2. The van der Waals surface area contributed by atoms with E-state index in [0.717, 1.165) is 6.54 Å².